The Morgan fingerprint density at radius 1 is 1.69 bits per heavy atom. The van der Waals surface area contributed by atoms with Gasteiger partial charge in [0.25, 0.3) is 0 Å². The number of nitrogens with one attached hydrogen (secondary N) is 2. The molecule has 0 bridgehead atoms. The van der Waals surface area contributed by atoms with Crippen molar-refractivity contribution in [1.82, 2.24) is 15.8 Å². The lowest BCUT2D eigenvalue weighted by Gasteiger charge is -2.37. The van der Waals surface area contributed by atoms with Crippen molar-refractivity contribution in [3.05, 3.63) is 23.9 Å². The summed E-state index contributed by atoms with van der Waals surface area (Å²) in [6, 6.07) is 0. The fourth-order valence-electron chi connectivity index (χ4n) is 1.92. The number of hydrogen-bond acceptors (Lipinski definition) is 3. The summed E-state index contributed by atoms with van der Waals surface area (Å²) in [4.78, 5) is 0. The van der Waals surface area contributed by atoms with Gasteiger partial charge in [-0.1, -0.05) is 13.0 Å². The number of rotatable bonds is 2. The first-order valence-electron chi connectivity index (χ1n) is 5.04. The Hall–Kier alpha value is -0.800. The highest BCUT2D eigenvalue weighted by Gasteiger charge is 2.23. The first kappa shape index (κ1) is 8.78. The molecule has 0 aromatic rings. The van der Waals surface area contributed by atoms with E-state index in [1.54, 1.807) is 0 Å². The molecule has 2 aliphatic rings. The molecule has 0 aliphatic carbocycles. The molecule has 2 heterocycles. The van der Waals surface area contributed by atoms with Crippen LogP contribution in [0, 0.1) is 0 Å². The summed E-state index contributed by atoms with van der Waals surface area (Å²) in [5.41, 5.74) is 4.82. The Balaban J connectivity index is 2.07. The van der Waals surface area contributed by atoms with Gasteiger partial charge < -0.3 is 0 Å². The first-order chi connectivity index (χ1) is 6.42. The van der Waals surface area contributed by atoms with Crippen molar-refractivity contribution in [3.63, 3.8) is 0 Å². The van der Waals surface area contributed by atoms with Crippen LogP contribution in [0.3, 0.4) is 0 Å². The van der Waals surface area contributed by atoms with E-state index in [1.165, 1.54) is 18.4 Å². The van der Waals surface area contributed by atoms with Gasteiger partial charge in [0.1, 0.15) is 6.17 Å². The van der Waals surface area contributed by atoms with Gasteiger partial charge in [0.05, 0.1) is 0 Å². The molecule has 0 aromatic carbocycles. The number of nitrogens with zero attached hydrogens (tertiary/aromatic N) is 1. The van der Waals surface area contributed by atoms with Crippen molar-refractivity contribution < 1.29 is 0 Å². The highest BCUT2D eigenvalue weighted by molar-refractivity contribution is 5.23. The molecular weight excluding hydrogens is 162 g/mol. The molecule has 0 radical (unpaired) electrons. The Morgan fingerprint density at radius 2 is 2.62 bits per heavy atom. The lowest BCUT2D eigenvalue weighted by atomic mass is 10.0. The van der Waals surface area contributed by atoms with Crippen molar-refractivity contribution in [1.29, 1.82) is 0 Å². The van der Waals surface area contributed by atoms with E-state index in [9.17, 15) is 0 Å². The molecule has 1 fully saturated rings. The van der Waals surface area contributed by atoms with Crippen LogP contribution in [0.2, 0.25) is 0 Å². The van der Waals surface area contributed by atoms with E-state index >= 15 is 0 Å². The lowest BCUT2D eigenvalue weighted by molar-refractivity contribution is 0.176. The van der Waals surface area contributed by atoms with Crippen molar-refractivity contribution in [2.45, 2.75) is 25.9 Å². The van der Waals surface area contributed by atoms with Gasteiger partial charge >= 0.3 is 0 Å². The smallest absolute Gasteiger partial charge is 0.116 e. The molecule has 2 aliphatic heterocycles. The van der Waals surface area contributed by atoms with Crippen LogP contribution >= 0.6 is 0 Å². The average Bonchev–Trinajstić information content (AvgIpc) is 2.19. The quantitative estimate of drug-likeness (QED) is 0.661. The molecular formula is C10H17N3. The molecule has 0 spiro atoms. The predicted molar refractivity (Wildman–Crippen MR) is 53.8 cm³/mol. The lowest BCUT2D eigenvalue weighted by Crippen LogP contribution is -2.53. The summed E-state index contributed by atoms with van der Waals surface area (Å²) < 4.78 is 0. The molecule has 1 atom stereocenters. The number of piperidine rings is 1. The molecule has 0 aromatic heterocycles. The second-order valence-corrected chi connectivity index (χ2v) is 3.46. The SMILES string of the molecule is CCNN1C=CC=C2CCCN[C@H]21. The minimum atomic E-state index is 0.388. The zero-order valence-electron chi connectivity index (χ0n) is 8.09. The highest BCUT2D eigenvalue weighted by Crippen LogP contribution is 2.20. The second kappa shape index (κ2) is 3.94. The van der Waals surface area contributed by atoms with Gasteiger partial charge in [0.15, 0.2) is 0 Å². The maximum Gasteiger partial charge on any atom is 0.116 e. The van der Waals surface area contributed by atoms with Gasteiger partial charge in [0, 0.05) is 12.7 Å². The van der Waals surface area contributed by atoms with Crippen LogP contribution in [0.4, 0.5) is 0 Å². The van der Waals surface area contributed by atoms with Crippen molar-refractivity contribution in [3.8, 4) is 0 Å². The number of fused-ring (bicyclic) bond motifs is 1. The summed E-state index contributed by atoms with van der Waals surface area (Å²) in [6.45, 7) is 4.21. The van der Waals surface area contributed by atoms with Crippen LogP contribution in [0.1, 0.15) is 19.8 Å². The average molecular weight is 179 g/mol. The zero-order valence-corrected chi connectivity index (χ0v) is 8.09. The molecule has 2 rings (SSSR count). The van der Waals surface area contributed by atoms with E-state index in [-0.39, 0.29) is 0 Å². The van der Waals surface area contributed by atoms with Crippen LogP contribution < -0.4 is 10.7 Å². The number of hydrazine groups is 1. The van der Waals surface area contributed by atoms with Crippen LogP contribution in [-0.4, -0.2) is 24.3 Å². The summed E-state index contributed by atoms with van der Waals surface area (Å²) in [7, 11) is 0. The van der Waals surface area contributed by atoms with Gasteiger partial charge in [-0.15, -0.1) is 0 Å². The monoisotopic (exact) mass is 179 g/mol. The Morgan fingerprint density at radius 3 is 3.46 bits per heavy atom. The molecule has 1 saturated heterocycles. The fourth-order valence-corrected chi connectivity index (χ4v) is 1.92. The molecule has 3 heteroatoms. The van der Waals surface area contributed by atoms with Gasteiger partial charge in [-0.05, 0) is 31.0 Å². The number of hydrogen-bond donors (Lipinski definition) is 2. The van der Waals surface area contributed by atoms with E-state index < -0.39 is 0 Å². The van der Waals surface area contributed by atoms with Crippen molar-refractivity contribution in [2.75, 3.05) is 13.1 Å². The first-order valence-corrected chi connectivity index (χ1v) is 5.04. The Bertz CT molecular complexity index is 232. The topological polar surface area (TPSA) is 27.3 Å². The van der Waals surface area contributed by atoms with E-state index in [2.05, 4.69) is 41.0 Å². The molecule has 0 unspecified atom stereocenters. The Labute approximate surface area is 79.5 Å². The normalized spacial score (nSPS) is 27.0. The molecule has 0 saturated carbocycles. The number of allylic oxidation sites excluding steroid dienone is 2. The van der Waals surface area contributed by atoms with E-state index in [0.29, 0.717) is 6.17 Å². The molecule has 13 heavy (non-hydrogen) atoms. The van der Waals surface area contributed by atoms with Crippen molar-refractivity contribution in [2.24, 2.45) is 0 Å². The second-order valence-electron chi connectivity index (χ2n) is 3.46. The van der Waals surface area contributed by atoms with Gasteiger partial charge in [0.2, 0.25) is 0 Å². The third-order valence-electron chi connectivity index (χ3n) is 2.51. The minimum Gasteiger partial charge on any atom is -0.294 e. The zero-order chi connectivity index (χ0) is 9.10. The van der Waals surface area contributed by atoms with Crippen LogP contribution in [0.25, 0.3) is 0 Å². The highest BCUT2D eigenvalue weighted by atomic mass is 15.5. The summed E-state index contributed by atoms with van der Waals surface area (Å²) in [5, 5.41) is 5.66. The van der Waals surface area contributed by atoms with Crippen molar-refractivity contribution >= 4 is 0 Å². The standard InChI is InChI=1S/C10H17N3/c1-2-12-13-8-4-6-9-5-3-7-11-10(9)13/h4,6,8,10-12H,2-3,5,7H2,1H3/t10-/m0/s1. The summed E-state index contributed by atoms with van der Waals surface area (Å²) >= 11 is 0. The van der Waals surface area contributed by atoms with Crippen LogP contribution in [-0.2, 0) is 0 Å². The maximum atomic E-state index is 3.50. The van der Waals surface area contributed by atoms with E-state index in [0.717, 1.165) is 13.1 Å². The predicted octanol–water partition coefficient (Wildman–Crippen LogP) is 0.976. The Kier molecular flexibility index (Phi) is 2.66. The fraction of sp³-hybridized carbons (Fsp3) is 0.600. The maximum absolute atomic E-state index is 3.50. The molecule has 0 amide bonds. The van der Waals surface area contributed by atoms with Gasteiger partial charge in [-0.25, -0.2) is 5.43 Å². The van der Waals surface area contributed by atoms with Gasteiger partial charge in [-0.2, -0.15) is 0 Å². The van der Waals surface area contributed by atoms with Crippen LogP contribution in [0.5, 0.6) is 0 Å². The summed E-state index contributed by atoms with van der Waals surface area (Å²) in [5.74, 6) is 0. The molecule has 72 valence electrons. The van der Waals surface area contributed by atoms with E-state index in [1.807, 2.05) is 0 Å². The van der Waals surface area contributed by atoms with E-state index in [4.69, 9.17) is 0 Å². The summed E-state index contributed by atoms with van der Waals surface area (Å²) in [6.07, 6.45) is 9.31. The molecule has 2 N–H and O–H groups in total. The third kappa shape index (κ3) is 1.76. The van der Waals surface area contributed by atoms with Crippen LogP contribution in [0.15, 0.2) is 23.9 Å². The molecule has 3 nitrogen and oxygen atoms in total. The van der Waals surface area contributed by atoms with Gasteiger partial charge in [-0.3, -0.25) is 10.3 Å². The minimum absolute atomic E-state index is 0.388. The largest absolute Gasteiger partial charge is 0.294 e. The third-order valence-corrected chi connectivity index (χ3v) is 2.51.